The number of fused-ring (bicyclic) bond motifs is 6. The van der Waals surface area contributed by atoms with Crippen LogP contribution in [-0.4, -0.2) is 9.13 Å². The smallest absolute Gasteiger partial charge is 0.0547 e. The Kier molecular flexibility index (Phi) is 4.90. The van der Waals surface area contributed by atoms with E-state index in [1.807, 2.05) is 0 Å². The average molecular weight is 501 g/mol. The van der Waals surface area contributed by atoms with E-state index >= 15 is 0 Å². The third-order valence-corrected chi connectivity index (χ3v) is 8.27. The van der Waals surface area contributed by atoms with E-state index in [1.165, 1.54) is 72.0 Å². The molecule has 0 amide bonds. The van der Waals surface area contributed by atoms with Crippen molar-refractivity contribution in [2.45, 2.75) is 19.8 Å². The van der Waals surface area contributed by atoms with E-state index in [0.29, 0.717) is 0 Å². The van der Waals surface area contributed by atoms with Gasteiger partial charge >= 0.3 is 0 Å². The van der Waals surface area contributed by atoms with E-state index < -0.39 is 0 Å². The molecule has 39 heavy (non-hydrogen) atoms. The first kappa shape index (κ1) is 22.2. The Hall–Kier alpha value is -4.82. The number of aromatic nitrogens is 2. The number of hydrogen-bond acceptors (Lipinski definition) is 0. The van der Waals surface area contributed by atoms with Gasteiger partial charge in [-0.05, 0) is 73.4 Å². The number of aryl methyl sites for hydroxylation is 1. The van der Waals surface area contributed by atoms with Crippen LogP contribution in [-0.2, 0) is 6.42 Å². The van der Waals surface area contributed by atoms with Gasteiger partial charge in [0.25, 0.3) is 0 Å². The van der Waals surface area contributed by atoms with Crippen molar-refractivity contribution >= 4 is 38.3 Å². The third kappa shape index (κ3) is 3.28. The second kappa shape index (κ2) is 8.61. The van der Waals surface area contributed by atoms with Gasteiger partial charge in [0.05, 0.1) is 16.6 Å². The summed E-state index contributed by atoms with van der Waals surface area (Å²) in [5, 5.41) is 3.94. The molecule has 186 valence electrons. The molecule has 8 rings (SSSR count). The van der Waals surface area contributed by atoms with Gasteiger partial charge in [-0.15, -0.1) is 0 Å². The van der Waals surface area contributed by atoms with E-state index in [4.69, 9.17) is 0 Å². The zero-order chi connectivity index (χ0) is 25.9. The van der Waals surface area contributed by atoms with Gasteiger partial charge in [0.2, 0.25) is 0 Å². The molecule has 5 aromatic carbocycles. The maximum atomic E-state index is 2.49. The fourth-order valence-electron chi connectivity index (χ4n) is 6.62. The van der Waals surface area contributed by atoms with Crippen LogP contribution >= 0.6 is 0 Å². The summed E-state index contributed by atoms with van der Waals surface area (Å²) in [5.41, 5.74) is 12.9. The fraction of sp³-hybridized carbons (Fsp3) is 0.0811. The highest BCUT2D eigenvalue weighted by Gasteiger charge is 2.26. The summed E-state index contributed by atoms with van der Waals surface area (Å²) in [4.78, 5) is 0. The number of hydrogen-bond donors (Lipinski definition) is 0. The Morgan fingerprint density at radius 2 is 1.18 bits per heavy atom. The maximum absolute atomic E-state index is 2.49. The highest BCUT2D eigenvalue weighted by Crippen LogP contribution is 2.44. The number of nitrogens with zero attached hydrogens (tertiary/aromatic N) is 2. The van der Waals surface area contributed by atoms with Gasteiger partial charge in [-0.3, -0.25) is 0 Å². The van der Waals surface area contributed by atoms with Crippen molar-refractivity contribution in [2.24, 2.45) is 0 Å². The molecule has 2 nitrogen and oxygen atoms in total. The Bertz CT molecular complexity index is 2050. The van der Waals surface area contributed by atoms with Crippen LogP contribution in [0.15, 0.2) is 127 Å². The lowest BCUT2D eigenvalue weighted by Crippen LogP contribution is -2.06. The van der Waals surface area contributed by atoms with E-state index in [9.17, 15) is 0 Å². The molecule has 1 aliphatic rings. The molecule has 2 heterocycles. The summed E-state index contributed by atoms with van der Waals surface area (Å²) < 4.78 is 4.90. The molecule has 2 heteroatoms. The molecular formula is C37H28N2. The highest BCUT2D eigenvalue weighted by molar-refractivity contribution is 6.16. The molecular weight excluding hydrogens is 472 g/mol. The van der Waals surface area contributed by atoms with Crippen molar-refractivity contribution in [2.75, 3.05) is 0 Å². The van der Waals surface area contributed by atoms with Gasteiger partial charge in [-0.1, -0.05) is 90.5 Å². The van der Waals surface area contributed by atoms with Gasteiger partial charge in [0.15, 0.2) is 0 Å². The van der Waals surface area contributed by atoms with Crippen molar-refractivity contribution in [3.05, 3.63) is 150 Å². The monoisotopic (exact) mass is 500 g/mol. The maximum Gasteiger partial charge on any atom is 0.0547 e. The first-order chi connectivity index (χ1) is 19.3. The number of benzene rings is 5. The minimum Gasteiger partial charge on any atom is -0.313 e. The molecule has 7 aromatic rings. The van der Waals surface area contributed by atoms with Crippen LogP contribution in [0.2, 0.25) is 0 Å². The highest BCUT2D eigenvalue weighted by atomic mass is 15.0. The van der Waals surface area contributed by atoms with Crippen molar-refractivity contribution in [3.63, 3.8) is 0 Å². The summed E-state index contributed by atoms with van der Waals surface area (Å²) >= 11 is 0. The van der Waals surface area contributed by atoms with Gasteiger partial charge < -0.3 is 9.13 Å². The molecule has 0 saturated heterocycles. The van der Waals surface area contributed by atoms with Gasteiger partial charge in [0, 0.05) is 38.8 Å². The van der Waals surface area contributed by atoms with Crippen molar-refractivity contribution in [1.29, 1.82) is 0 Å². The summed E-state index contributed by atoms with van der Waals surface area (Å²) in [7, 11) is 0. The average Bonchev–Trinajstić information content (AvgIpc) is 3.51. The SMILES string of the molecule is Cc1ccc(-n2c3c(c4ccccc42)C(c2cccc4c2c2ccccc2n4-c2ccccc2)=CCC3)cc1. The van der Waals surface area contributed by atoms with E-state index in [0.717, 1.165) is 12.8 Å². The molecule has 0 atom stereocenters. The van der Waals surface area contributed by atoms with Crippen LogP contribution in [0.3, 0.4) is 0 Å². The molecule has 0 N–H and O–H groups in total. The number of rotatable bonds is 3. The van der Waals surface area contributed by atoms with Crippen LogP contribution in [0.5, 0.6) is 0 Å². The molecule has 1 aliphatic carbocycles. The lowest BCUT2D eigenvalue weighted by molar-refractivity contribution is 0.884. The second-order valence-corrected chi connectivity index (χ2v) is 10.6. The molecule has 0 saturated carbocycles. The first-order valence-corrected chi connectivity index (χ1v) is 13.8. The van der Waals surface area contributed by atoms with Crippen LogP contribution in [0.4, 0.5) is 0 Å². The third-order valence-electron chi connectivity index (χ3n) is 8.27. The Balaban J connectivity index is 1.44. The number of para-hydroxylation sites is 3. The number of allylic oxidation sites excluding steroid dienone is 1. The van der Waals surface area contributed by atoms with E-state index in [-0.39, 0.29) is 0 Å². The van der Waals surface area contributed by atoms with Crippen molar-refractivity contribution in [3.8, 4) is 11.4 Å². The van der Waals surface area contributed by atoms with Gasteiger partial charge in [-0.25, -0.2) is 0 Å². The standard InChI is InChI=1S/C37H28N2/c1-25-21-23-27(24-22-25)39-33-18-8-6-14-31(33)37-29(16-10-20-35(37)39)28-15-9-19-34-36(28)30-13-5-7-17-32(30)38(34)26-11-3-2-4-12-26/h2-9,11-19,21-24H,10,20H2,1H3. The quantitative estimate of drug-likeness (QED) is 0.229. The predicted octanol–water partition coefficient (Wildman–Crippen LogP) is 9.41. The van der Waals surface area contributed by atoms with Crippen molar-refractivity contribution < 1.29 is 0 Å². The minimum atomic E-state index is 1.03. The van der Waals surface area contributed by atoms with Gasteiger partial charge in [0.1, 0.15) is 0 Å². The summed E-state index contributed by atoms with van der Waals surface area (Å²) in [6.45, 7) is 2.15. The minimum absolute atomic E-state index is 1.03. The second-order valence-electron chi connectivity index (χ2n) is 10.6. The molecule has 0 bridgehead atoms. The fourth-order valence-corrected chi connectivity index (χ4v) is 6.62. The van der Waals surface area contributed by atoms with E-state index in [1.54, 1.807) is 0 Å². The Morgan fingerprint density at radius 1 is 0.538 bits per heavy atom. The molecule has 0 unspecified atom stereocenters. The topological polar surface area (TPSA) is 9.86 Å². The molecule has 0 radical (unpaired) electrons. The predicted molar refractivity (Wildman–Crippen MR) is 164 cm³/mol. The molecule has 0 spiro atoms. The Morgan fingerprint density at radius 3 is 1.97 bits per heavy atom. The summed E-state index contributed by atoms with van der Waals surface area (Å²) in [6, 6.07) is 44.2. The first-order valence-electron chi connectivity index (χ1n) is 13.8. The van der Waals surface area contributed by atoms with Crippen LogP contribution < -0.4 is 0 Å². The lowest BCUT2D eigenvalue weighted by Gasteiger charge is -2.19. The zero-order valence-corrected chi connectivity index (χ0v) is 21.9. The Labute approximate surface area is 228 Å². The summed E-state index contributed by atoms with van der Waals surface area (Å²) in [6.07, 6.45) is 4.53. The molecule has 0 aliphatic heterocycles. The van der Waals surface area contributed by atoms with Crippen LogP contribution in [0, 0.1) is 6.92 Å². The lowest BCUT2D eigenvalue weighted by atomic mass is 9.87. The van der Waals surface area contributed by atoms with Gasteiger partial charge in [-0.2, -0.15) is 0 Å². The largest absolute Gasteiger partial charge is 0.313 e. The van der Waals surface area contributed by atoms with Crippen molar-refractivity contribution in [1.82, 2.24) is 9.13 Å². The summed E-state index contributed by atoms with van der Waals surface area (Å²) in [5.74, 6) is 0. The van der Waals surface area contributed by atoms with E-state index in [2.05, 4.69) is 143 Å². The zero-order valence-electron chi connectivity index (χ0n) is 21.9. The molecule has 2 aromatic heterocycles. The van der Waals surface area contributed by atoms with Crippen LogP contribution in [0.1, 0.15) is 28.8 Å². The van der Waals surface area contributed by atoms with Crippen LogP contribution in [0.25, 0.3) is 49.7 Å². The molecule has 0 fully saturated rings. The normalized spacial score (nSPS) is 13.2.